The van der Waals surface area contributed by atoms with Gasteiger partial charge in [0.15, 0.2) is 0 Å². The number of anilines is 1. The van der Waals surface area contributed by atoms with E-state index >= 15 is 0 Å². The van der Waals surface area contributed by atoms with Gasteiger partial charge in [0.05, 0.1) is 13.0 Å². The fourth-order valence-electron chi connectivity index (χ4n) is 2.00. The molecule has 5 heteroatoms. The SMILES string of the molecule is CCOC(=O)CCN(C(=O)Nc1ccccc1)C1CC1. The summed E-state index contributed by atoms with van der Waals surface area (Å²) in [5.74, 6) is -0.259. The molecule has 1 aliphatic rings. The zero-order valence-corrected chi connectivity index (χ0v) is 11.7. The van der Waals surface area contributed by atoms with E-state index in [4.69, 9.17) is 4.74 Å². The fraction of sp³-hybridized carbons (Fsp3) is 0.467. The Morgan fingerprint density at radius 2 is 2.00 bits per heavy atom. The Labute approximate surface area is 118 Å². The Bertz CT molecular complexity index is 457. The summed E-state index contributed by atoms with van der Waals surface area (Å²) in [4.78, 5) is 25.3. The van der Waals surface area contributed by atoms with Crippen molar-refractivity contribution in [3.63, 3.8) is 0 Å². The van der Waals surface area contributed by atoms with Crippen LogP contribution in [0.5, 0.6) is 0 Å². The maximum Gasteiger partial charge on any atom is 0.322 e. The summed E-state index contributed by atoms with van der Waals surface area (Å²) in [7, 11) is 0. The molecule has 1 N–H and O–H groups in total. The topological polar surface area (TPSA) is 58.6 Å². The summed E-state index contributed by atoms with van der Waals surface area (Å²) in [6, 6.07) is 9.43. The van der Waals surface area contributed by atoms with E-state index in [9.17, 15) is 9.59 Å². The minimum absolute atomic E-state index is 0.150. The zero-order valence-electron chi connectivity index (χ0n) is 11.7. The molecule has 0 atom stereocenters. The van der Waals surface area contributed by atoms with Gasteiger partial charge in [-0.25, -0.2) is 4.79 Å². The van der Waals surface area contributed by atoms with E-state index in [1.165, 1.54) is 0 Å². The van der Waals surface area contributed by atoms with Gasteiger partial charge in [0.1, 0.15) is 0 Å². The van der Waals surface area contributed by atoms with Gasteiger partial charge in [-0.1, -0.05) is 18.2 Å². The minimum Gasteiger partial charge on any atom is -0.466 e. The van der Waals surface area contributed by atoms with Crippen LogP contribution in [0.3, 0.4) is 0 Å². The van der Waals surface area contributed by atoms with Crippen molar-refractivity contribution in [2.75, 3.05) is 18.5 Å². The quantitative estimate of drug-likeness (QED) is 0.813. The van der Waals surface area contributed by atoms with Gasteiger partial charge in [0, 0.05) is 18.3 Å². The van der Waals surface area contributed by atoms with E-state index in [2.05, 4.69) is 5.32 Å². The Morgan fingerprint density at radius 3 is 2.60 bits per heavy atom. The van der Waals surface area contributed by atoms with E-state index in [0.717, 1.165) is 18.5 Å². The average molecular weight is 276 g/mol. The number of hydrogen-bond acceptors (Lipinski definition) is 3. The number of hydrogen-bond donors (Lipinski definition) is 1. The number of benzene rings is 1. The van der Waals surface area contributed by atoms with Crippen LogP contribution in [0.25, 0.3) is 0 Å². The van der Waals surface area contributed by atoms with Crippen LogP contribution in [0, 0.1) is 0 Å². The molecule has 0 aliphatic heterocycles. The standard InChI is InChI=1S/C15H20N2O3/c1-2-20-14(18)10-11-17(13-8-9-13)15(19)16-12-6-4-3-5-7-12/h3-7,13H,2,8-11H2,1H3,(H,16,19). The Morgan fingerprint density at radius 1 is 1.30 bits per heavy atom. The van der Waals surface area contributed by atoms with Crippen LogP contribution in [-0.2, 0) is 9.53 Å². The van der Waals surface area contributed by atoms with Gasteiger partial charge < -0.3 is 15.0 Å². The molecule has 1 aliphatic carbocycles. The number of para-hydroxylation sites is 1. The Kier molecular flexibility index (Phi) is 4.98. The molecule has 0 spiro atoms. The summed E-state index contributed by atoms with van der Waals surface area (Å²) in [6.45, 7) is 2.55. The second-order valence-electron chi connectivity index (χ2n) is 4.78. The molecule has 1 saturated carbocycles. The molecular weight excluding hydrogens is 256 g/mol. The van der Waals surface area contributed by atoms with Crippen LogP contribution in [0.4, 0.5) is 10.5 Å². The highest BCUT2D eigenvalue weighted by Crippen LogP contribution is 2.27. The summed E-state index contributed by atoms with van der Waals surface area (Å²) >= 11 is 0. The van der Waals surface area contributed by atoms with Gasteiger partial charge in [-0.15, -0.1) is 0 Å². The molecular formula is C15H20N2O3. The number of carbonyl (C=O) groups excluding carboxylic acids is 2. The molecule has 0 aromatic heterocycles. The summed E-state index contributed by atoms with van der Waals surface area (Å²) in [5.41, 5.74) is 0.763. The third kappa shape index (κ3) is 4.26. The molecule has 0 saturated heterocycles. The molecule has 2 amide bonds. The van der Waals surface area contributed by atoms with E-state index in [1.54, 1.807) is 11.8 Å². The normalized spacial score (nSPS) is 13.7. The van der Waals surface area contributed by atoms with E-state index in [-0.39, 0.29) is 24.5 Å². The predicted molar refractivity (Wildman–Crippen MR) is 76.4 cm³/mol. The lowest BCUT2D eigenvalue weighted by molar-refractivity contribution is -0.143. The molecule has 2 rings (SSSR count). The number of rotatable bonds is 6. The van der Waals surface area contributed by atoms with Crippen molar-refractivity contribution in [3.8, 4) is 0 Å². The molecule has 0 heterocycles. The summed E-state index contributed by atoms with van der Waals surface area (Å²) < 4.78 is 4.89. The molecule has 5 nitrogen and oxygen atoms in total. The van der Waals surface area contributed by atoms with E-state index in [1.807, 2.05) is 30.3 Å². The van der Waals surface area contributed by atoms with Crippen molar-refractivity contribution in [1.82, 2.24) is 4.90 Å². The lowest BCUT2D eigenvalue weighted by Crippen LogP contribution is -2.38. The largest absolute Gasteiger partial charge is 0.466 e. The molecule has 108 valence electrons. The third-order valence-electron chi connectivity index (χ3n) is 3.14. The second kappa shape index (κ2) is 6.93. The highest BCUT2D eigenvalue weighted by atomic mass is 16.5. The number of carbonyl (C=O) groups is 2. The number of amides is 2. The molecule has 0 bridgehead atoms. The van der Waals surface area contributed by atoms with Crippen molar-refractivity contribution in [2.45, 2.75) is 32.2 Å². The number of esters is 1. The van der Waals surface area contributed by atoms with Gasteiger partial charge in [-0.3, -0.25) is 4.79 Å². The zero-order chi connectivity index (χ0) is 14.4. The first-order valence-electron chi connectivity index (χ1n) is 6.99. The Hall–Kier alpha value is -2.04. The van der Waals surface area contributed by atoms with Gasteiger partial charge in [-0.2, -0.15) is 0 Å². The third-order valence-corrected chi connectivity index (χ3v) is 3.14. The monoisotopic (exact) mass is 276 g/mol. The number of ether oxygens (including phenoxy) is 1. The average Bonchev–Trinajstić information content (AvgIpc) is 3.25. The highest BCUT2D eigenvalue weighted by Gasteiger charge is 2.32. The Balaban J connectivity index is 1.88. The van der Waals surface area contributed by atoms with E-state index in [0.29, 0.717) is 13.2 Å². The first kappa shape index (κ1) is 14.4. The fourth-order valence-corrected chi connectivity index (χ4v) is 2.00. The van der Waals surface area contributed by atoms with Crippen LogP contribution in [0.15, 0.2) is 30.3 Å². The number of nitrogens with one attached hydrogen (secondary N) is 1. The minimum atomic E-state index is -0.259. The maximum absolute atomic E-state index is 12.2. The molecule has 1 aromatic rings. The van der Waals surface area contributed by atoms with Crippen LogP contribution in [0.1, 0.15) is 26.2 Å². The molecule has 20 heavy (non-hydrogen) atoms. The van der Waals surface area contributed by atoms with Gasteiger partial charge in [-0.05, 0) is 31.9 Å². The van der Waals surface area contributed by atoms with Crippen LogP contribution in [0.2, 0.25) is 0 Å². The smallest absolute Gasteiger partial charge is 0.322 e. The van der Waals surface area contributed by atoms with Gasteiger partial charge in [0.2, 0.25) is 0 Å². The summed E-state index contributed by atoms with van der Waals surface area (Å²) in [5, 5.41) is 2.85. The highest BCUT2D eigenvalue weighted by molar-refractivity contribution is 5.90. The van der Waals surface area contributed by atoms with Crippen LogP contribution in [-0.4, -0.2) is 36.1 Å². The maximum atomic E-state index is 12.2. The van der Waals surface area contributed by atoms with Gasteiger partial charge in [0.25, 0.3) is 0 Å². The lowest BCUT2D eigenvalue weighted by atomic mass is 10.3. The van der Waals surface area contributed by atoms with Crippen molar-refractivity contribution in [1.29, 1.82) is 0 Å². The van der Waals surface area contributed by atoms with Crippen molar-refractivity contribution >= 4 is 17.7 Å². The number of nitrogens with zero attached hydrogens (tertiary/aromatic N) is 1. The van der Waals surface area contributed by atoms with Crippen LogP contribution >= 0.6 is 0 Å². The number of urea groups is 1. The molecule has 1 aromatic carbocycles. The summed E-state index contributed by atoms with van der Waals surface area (Å²) in [6.07, 6.45) is 2.25. The first-order valence-corrected chi connectivity index (χ1v) is 6.99. The van der Waals surface area contributed by atoms with E-state index < -0.39 is 0 Å². The van der Waals surface area contributed by atoms with Gasteiger partial charge >= 0.3 is 12.0 Å². The van der Waals surface area contributed by atoms with Crippen molar-refractivity contribution in [2.24, 2.45) is 0 Å². The van der Waals surface area contributed by atoms with Crippen LogP contribution < -0.4 is 5.32 Å². The molecule has 0 radical (unpaired) electrons. The predicted octanol–water partition coefficient (Wildman–Crippen LogP) is 2.64. The lowest BCUT2D eigenvalue weighted by Gasteiger charge is -2.22. The molecule has 1 fully saturated rings. The van der Waals surface area contributed by atoms with Crippen molar-refractivity contribution in [3.05, 3.63) is 30.3 Å². The molecule has 0 unspecified atom stereocenters. The first-order chi connectivity index (χ1) is 9.70. The van der Waals surface area contributed by atoms with Crippen molar-refractivity contribution < 1.29 is 14.3 Å². The second-order valence-corrected chi connectivity index (χ2v) is 4.78.